The molecule has 2 aromatic rings. The summed E-state index contributed by atoms with van der Waals surface area (Å²) in [5.74, 6) is 0.0446. The molecular weight excluding hydrogens is 254 g/mol. The van der Waals surface area contributed by atoms with E-state index in [0.29, 0.717) is 0 Å². The van der Waals surface area contributed by atoms with Crippen molar-refractivity contribution >= 4 is 11.4 Å². The smallest absolute Gasteiger partial charge is 0.217 e. The maximum Gasteiger partial charge on any atom is 0.217 e. The number of hydrogen-bond acceptors (Lipinski definition) is 3. The summed E-state index contributed by atoms with van der Waals surface area (Å²) in [4.78, 5) is 11.2. The van der Waals surface area contributed by atoms with Gasteiger partial charge in [-0.2, -0.15) is 5.10 Å². The molecule has 0 fully saturated rings. The molecule has 0 bridgehead atoms. The Morgan fingerprint density at radius 3 is 2.65 bits per heavy atom. The number of pyridine rings is 1. The Labute approximate surface area is 118 Å². The first-order chi connectivity index (χ1) is 9.41. The molecular formula is C15H21N3O2. The van der Waals surface area contributed by atoms with Crippen molar-refractivity contribution in [1.29, 1.82) is 0 Å². The maximum absolute atomic E-state index is 11.2. The first-order valence-corrected chi connectivity index (χ1v) is 6.84. The van der Waals surface area contributed by atoms with Crippen LogP contribution in [0.15, 0.2) is 24.4 Å². The lowest BCUT2D eigenvalue weighted by atomic mass is 9.96. The highest BCUT2D eigenvalue weighted by atomic mass is 16.3. The molecule has 2 N–H and O–H groups in total. The van der Waals surface area contributed by atoms with Gasteiger partial charge in [0, 0.05) is 18.7 Å². The molecule has 0 aromatic carbocycles. The minimum absolute atomic E-state index is 0.154. The average molecular weight is 275 g/mol. The van der Waals surface area contributed by atoms with Crippen molar-refractivity contribution in [3.63, 3.8) is 0 Å². The van der Waals surface area contributed by atoms with Crippen LogP contribution in [0.2, 0.25) is 0 Å². The van der Waals surface area contributed by atoms with Crippen LogP contribution in [0.4, 0.5) is 0 Å². The number of hydrogen-bond donors (Lipinski definition) is 2. The van der Waals surface area contributed by atoms with Crippen LogP contribution < -0.4 is 5.32 Å². The summed E-state index contributed by atoms with van der Waals surface area (Å²) in [7, 11) is 0. The Hall–Kier alpha value is -1.88. The van der Waals surface area contributed by atoms with Crippen molar-refractivity contribution < 1.29 is 9.90 Å². The number of aliphatic hydroxyl groups is 1. The van der Waals surface area contributed by atoms with E-state index < -0.39 is 6.10 Å². The van der Waals surface area contributed by atoms with Crippen molar-refractivity contribution in [2.24, 2.45) is 0 Å². The lowest BCUT2D eigenvalue weighted by Crippen LogP contribution is -2.35. The first kappa shape index (κ1) is 14.5. The molecule has 108 valence electrons. The predicted molar refractivity (Wildman–Crippen MR) is 77.5 cm³/mol. The fourth-order valence-corrected chi connectivity index (χ4v) is 2.42. The van der Waals surface area contributed by atoms with Crippen LogP contribution in [0, 0.1) is 0 Å². The van der Waals surface area contributed by atoms with Gasteiger partial charge in [-0.3, -0.25) is 4.79 Å². The molecule has 5 nitrogen and oxygen atoms in total. The van der Waals surface area contributed by atoms with Gasteiger partial charge in [-0.15, -0.1) is 0 Å². The van der Waals surface area contributed by atoms with Crippen molar-refractivity contribution in [3.05, 3.63) is 35.7 Å². The van der Waals surface area contributed by atoms with Crippen LogP contribution in [-0.4, -0.2) is 26.7 Å². The summed E-state index contributed by atoms with van der Waals surface area (Å²) >= 11 is 0. The highest BCUT2D eigenvalue weighted by Gasteiger charge is 2.26. The number of aromatic nitrogens is 2. The predicted octanol–water partition coefficient (Wildman–Crippen LogP) is 2.02. The molecule has 0 saturated carbocycles. The number of aliphatic hydroxyl groups excluding tert-OH is 1. The molecule has 0 aliphatic carbocycles. The van der Waals surface area contributed by atoms with Crippen LogP contribution in [0.5, 0.6) is 0 Å². The molecule has 2 heterocycles. The first-order valence-electron chi connectivity index (χ1n) is 6.84. The second-order valence-electron chi connectivity index (χ2n) is 5.42. The summed E-state index contributed by atoms with van der Waals surface area (Å²) in [5.41, 5.74) is 2.53. The minimum atomic E-state index is -0.781. The van der Waals surface area contributed by atoms with Crippen molar-refractivity contribution in [3.8, 4) is 0 Å². The van der Waals surface area contributed by atoms with Gasteiger partial charge in [0.1, 0.15) is 6.10 Å². The van der Waals surface area contributed by atoms with E-state index in [0.717, 1.165) is 16.8 Å². The van der Waals surface area contributed by atoms with Gasteiger partial charge in [-0.1, -0.05) is 19.9 Å². The van der Waals surface area contributed by atoms with E-state index in [-0.39, 0.29) is 17.9 Å². The van der Waals surface area contributed by atoms with Gasteiger partial charge in [-0.05, 0) is 25.0 Å². The quantitative estimate of drug-likeness (QED) is 0.897. The number of nitrogens with zero attached hydrogens (tertiary/aromatic N) is 2. The zero-order chi connectivity index (χ0) is 14.9. The number of nitrogens with one attached hydrogen (secondary N) is 1. The van der Waals surface area contributed by atoms with E-state index in [1.54, 1.807) is 11.4 Å². The van der Waals surface area contributed by atoms with E-state index in [1.165, 1.54) is 6.92 Å². The molecule has 2 unspecified atom stereocenters. The Morgan fingerprint density at radius 2 is 2.05 bits per heavy atom. The van der Waals surface area contributed by atoms with Crippen molar-refractivity contribution in [2.75, 3.05) is 0 Å². The molecule has 2 rings (SSSR count). The molecule has 0 spiro atoms. The Balaban J connectivity index is 2.50. The molecule has 20 heavy (non-hydrogen) atoms. The standard InChI is InChI=1S/C15H21N3O2/c1-9(2)14-13(15(20)10(3)16-11(4)19)12-7-5-6-8-18(12)17-14/h5-10,15,20H,1-4H3,(H,16,19). The summed E-state index contributed by atoms with van der Waals surface area (Å²) in [6.45, 7) is 7.33. The Kier molecular flexibility index (Phi) is 4.09. The van der Waals surface area contributed by atoms with E-state index >= 15 is 0 Å². The molecule has 2 aromatic heterocycles. The second-order valence-corrected chi connectivity index (χ2v) is 5.42. The Morgan fingerprint density at radius 1 is 1.35 bits per heavy atom. The molecule has 2 atom stereocenters. The van der Waals surface area contributed by atoms with Crippen LogP contribution in [-0.2, 0) is 4.79 Å². The van der Waals surface area contributed by atoms with Crippen molar-refractivity contribution in [2.45, 2.75) is 45.8 Å². The number of carbonyl (C=O) groups is 1. The van der Waals surface area contributed by atoms with E-state index in [4.69, 9.17) is 0 Å². The molecule has 5 heteroatoms. The third kappa shape index (κ3) is 2.67. The summed E-state index contributed by atoms with van der Waals surface area (Å²) < 4.78 is 1.77. The summed E-state index contributed by atoms with van der Waals surface area (Å²) in [6.07, 6.45) is 1.08. The molecule has 0 saturated heterocycles. The normalized spacial score (nSPS) is 14.5. The zero-order valence-electron chi connectivity index (χ0n) is 12.3. The van der Waals surface area contributed by atoms with Gasteiger partial charge in [0.25, 0.3) is 0 Å². The van der Waals surface area contributed by atoms with Gasteiger partial charge in [0.15, 0.2) is 0 Å². The lowest BCUT2D eigenvalue weighted by molar-refractivity contribution is -0.120. The zero-order valence-corrected chi connectivity index (χ0v) is 12.3. The van der Waals surface area contributed by atoms with E-state index in [1.807, 2.05) is 38.2 Å². The van der Waals surface area contributed by atoms with Gasteiger partial charge in [-0.25, -0.2) is 4.52 Å². The van der Waals surface area contributed by atoms with Gasteiger partial charge in [0.2, 0.25) is 5.91 Å². The van der Waals surface area contributed by atoms with Crippen LogP contribution in [0.1, 0.15) is 51.0 Å². The molecule has 0 aliphatic heterocycles. The van der Waals surface area contributed by atoms with Gasteiger partial charge < -0.3 is 10.4 Å². The maximum atomic E-state index is 11.2. The number of carbonyl (C=O) groups excluding carboxylic acids is 1. The third-order valence-corrected chi connectivity index (χ3v) is 3.35. The van der Waals surface area contributed by atoms with Gasteiger partial charge in [0.05, 0.1) is 17.3 Å². The minimum Gasteiger partial charge on any atom is -0.386 e. The second kappa shape index (κ2) is 5.63. The van der Waals surface area contributed by atoms with Gasteiger partial charge >= 0.3 is 0 Å². The summed E-state index contributed by atoms with van der Waals surface area (Å²) in [5, 5.41) is 17.9. The average Bonchev–Trinajstić information content (AvgIpc) is 2.76. The number of rotatable bonds is 4. The molecule has 0 radical (unpaired) electrons. The number of fused-ring (bicyclic) bond motifs is 1. The molecule has 1 amide bonds. The summed E-state index contributed by atoms with van der Waals surface area (Å²) in [6, 6.07) is 5.38. The number of amides is 1. The fourth-order valence-electron chi connectivity index (χ4n) is 2.42. The largest absolute Gasteiger partial charge is 0.386 e. The van der Waals surface area contributed by atoms with Crippen LogP contribution in [0.3, 0.4) is 0 Å². The lowest BCUT2D eigenvalue weighted by Gasteiger charge is -2.20. The third-order valence-electron chi connectivity index (χ3n) is 3.35. The fraction of sp³-hybridized carbons (Fsp3) is 0.467. The SMILES string of the molecule is CC(=O)NC(C)C(O)c1c(C(C)C)nn2ccccc12. The van der Waals surface area contributed by atoms with E-state index in [2.05, 4.69) is 10.4 Å². The highest BCUT2D eigenvalue weighted by molar-refractivity contribution is 5.73. The monoisotopic (exact) mass is 275 g/mol. The van der Waals surface area contributed by atoms with E-state index in [9.17, 15) is 9.90 Å². The highest BCUT2D eigenvalue weighted by Crippen LogP contribution is 2.30. The van der Waals surface area contributed by atoms with Crippen molar-refractivity contribution in [1.82, 2.24) is 14.9 Å². The molecule has 0 aliphatic rings. The topological polar surface area (TPSA) is 66.6 Å². The Bertz CT molecular complexity index is 619. The van der Waals surface area contributed by atoms with Crippen LogP contribution in [0.25, 0.3) is 5.52 Å². The van der Waals surface area contributed by atoms with Crippen LogP contribution >= 0.6 is 0 Å².